The summed E-state index contributed by atoms with van der Waals surface area (Å²) in [5.74, 6) is 0.102. The third-order valence-electron chi connectivity index (χ3n) is 0.814. The molecule has 0 unspecified atom stereocenters. The average Bonchev–Trinajstić information content (AvgIpc) is 1.63. The highest BCUT2D eigenvalue weighted by Crippen LogP contribution is 1.96. The molecule has 9 heavy (non-hydrogen) atoms. The van der Waals surface area contributed by atoms with Crippen molar-refractivity contribution in [2.45, 2.75) is 20.3 Å². The highest BCUT2D eigenvalue weighted by Gasteiger charge is 2.01. The van der Waals surface area contributed by atoms with Gasteiger partial charge in [0.25, 0.3) is 0 Å². The lowest BCUT2D eigenvalue weighted by atomic mass is 10.1. The smallest absolute Gasteiger partial charge is 0.226 e. The molecule has 0 spiro atoms. The van der Waals surface area contributed by atoms with Crippen LogP contribution in [0, 0.1) is 5.92 Å². The largest absolute Gasteiger partial charge is 0.299 e. The molecule has 0 fully saturated rings. The SMILES string of the molecule is CC(C)CC(=O)NC=O. The maximum atomic E-state index is 10.5. The number of rotatable bonds is 3. The van der Waals surface area contributed by atoms with Crippen LogP contribution in [0.5, 0.6) is 0 Å². The van der Waals surface area contributed by atoms with E-state index in [-0.39, 0.29) is 5.91 Å². The second-order valence-electron chi connectivity index (χ2n) is 2.28. The number of hydrogen-bond donors (Lipinski definition) is 1. The van der Waals surface area contributed by atoms with Crippen molar-refractivity contribution in [1.82, 2.24) is 5.32 Å². The highest BCUT2D eigenvalue weighted by molar-refractivity contribution is 5.85. The normalized spacial score (nSPS) is 9.22. The first-order valence-corrected chi connectivity index (χ1v) is 2.90. The van der Waals surface area contributed by atoms with Crippen molar-refractivity contribution >= 4 is 12.3 Å². The number of imide groups is 1. The Bertz CT molecular complexity index is 110. The molecule has 0 aliphatic carbocycles. The minimum atomic E-state index is -0.208. The fourth-order valence-electron chi connectivity index (χ4n) is 0.495. The molecule has 0 radical (unpaired) electrons. The highest BCUT2D eigenvalue weighted by atomic mass is 16.2. The molecule has 0 aromatic heterocycles. The van der Waals surface area contributed by atoms with E-state index >= 15 is 0 Å². The van der Waals surface area contributed by atoms with Gasteiger partial charge in [-0.2, -0.15) is 0 Å². The van der Waals surface area contributed by atoms with Crippen LogP contribution in [0.25, 0.3) is 0 Å². The van der Waals surface area contributed by atoms with Crippen LogP contribution in [0.1, 0.15) is 20.3 Å². The van der Waals surface area contributed by atoms with Crippen molar-refractivity contribution in [1.29, 1.82) is 0 Å². The summed E-state index contributed by atoms with van der Waals surface area (Å²) in [6.45, 7) is 3.84. The molecule has 0 atom stereocenters. The van der Waals surface area contributed by atoms with Crippen molar-refractivity contribution in [3.63, 3.8) is 0 Å². The van der Waals surface area contributed by atoms with Gasteiger partial charge in [0.1, 0.15) is 0 Å². The number of nitrogens with one attached hydrogen (secondary N) is 1. The van der Waals surface area contributed by atoms with Gasteiger partial charge in [-0.15, -0.1) is 0 Å². The third kappa shape index (κ3) is 5.00. The summed E-state index contributed by atoms with van der Waals surface area (Å²) in [7, 11) is 0. The van der Waals surface area contributed by atoms with Crippen LogP contribution in [0.3, 0.4) is 0 Å². The summed E-state index contributed by atoms with van der Waals surface area (Å²) < 4.78 is 0. The number of carbonyl (C=O) groups is 2. The molecule has 0 rings (SSSR count). The van der Waals surface area contributed by atoms with Crippen LogP contribution >= 0.6 is 0 Å². The quantitative estimate of drug-likeness (QED) is 0.557. The summed E-state index contributed by atoms with van der Waals surface area (Å²) in [6, 6.07) is 0. The van der Waals surface area contributed by atoms with E-state index in [4.69, 9.17) is 0 Å². The molecule has 3 nitrogen and oxygen atoms in total. The zero-order valence-corrected chi connectivity index (χ0v) is 5.68. The lowest BCUT2D eigenvalue weighted by Gasteiger charge is -1.99. The monoisotopic (exact) mass is 129 g/mol. The maximum Gasteiger partial charge on any atom is 0.226 e. The Morgan fingerprint density at radius 2 is 2.22 bits per heavy atom. The minimum Gasteiger partial charge on any atom is -0.299 e. The molecule has 2 amide bonds. The first-order chi connectivity index (χ1) is 4.16. The van der Waals surface area contributed by atoms with Gasteiger partial charge in [0.05, 0.1) is 0 Å². The molecule has 0 aliphatic heterocycles. The second-order valence-corrected chi connectivity index (χ2v) is 2.28. The summed E-state index contributed by atoms with van der Waals surface area (Å²) in [5.41, 5.74) is 0. The molecule has 0 saturated heterocycles. The second kappa shape index (κ2) is 4.06. The van der Waals surface area contributed by atoms with Crippen molar-refractivity contribution in [3.8, 4) is 0 Å². The lowest BCUT2D eigenvalue weighted by Crippen LogP contribution is -2.22. The molecular weight excluding hydrogens is 118 g/mol. The van der Waals surface area contributed by atoms with E-state index in [9.17, 15) is 9.59 Å². The van der Waals surface area contributed by atoms with Gasteiger partial charge in [-0.25, -0.2) is 0 Å². The Labute approximate surface area is 54.4 Å². The van der Waals surface area contributed by atoms with Crippen LogP contribution in [-0.4, -0.2) is 12.3 Å². The van der Waals surface area contributed by atoms with Gasteiger partial charge in [-0.05, 0) is 5.92 Å². The number of carbonyl (C=O) groups excluding carboxylic acids is 2. The van der Waals surface area contributed by atoms with E-state index in [1.807, 2.05) is 13.8 Å². The molecule has 3 heteroatoms. The average molecular weight is 129 g/mol. The Morgan fingerprint density at radius 3 is 2.56 bits per heavy atom. The topological polar surface area (TPSA) is 46.2 Å². The van der Waals surface area contributed by atoms with Gasteiger partial charge >= 0.3 is 0 Å². The summed E-state index contributed by atoms with van der Waals surface area (Å²) >= 11 is 0. The molecule has 0 bridgehead atoms. The molecule has 0 saturated carbocycles. The van der Waals surface area contributed by atoms with Gasteiger partial charge in [0, 0.05) is 6.42 Å². The van der Waals surface area contributed by atoms with Gasteiger partial charge in [0.2, 0.25) is 12.3 Å². The van der Waals surface area contributed by atoms with Crippen LogP contribution in [0.4, 0.5) is 0 Å². The predicted octanol–water partition coefficient (Wildman–Crippen LogP) is 0.305. The third-order valence-corrected chi connectivity index (χ3v) is 0.814. The van der Waals surface area contributed by atoms with Crippen molar-refractivity contribution in [3.05, 3.63) is 0 Å². The zero-order chi connectivity index (χ0) is 7.28. The van der Waals surface area contributed by atoms with Crippen LogP contribution in [-0.2, 0) is 9.59 Å². The van der Waals surface area contributed by atoms with Gasteiger partial charge in [-0.3, -0.25) is 14.9 Å². The van der Waals surface area contributed by atoms with E-state index in [0.717, 1.165) is 0 Å². The predicted molar refractivity (Wildman–Crippen MR) is 33.7 cm³/mol. The van der Waals surface area contributed by atoms with E-state index < -0.39 is 0 Å². The fourth-order valence-corrected chi connectivity index (χ4v) is 0.495. The molecule has 0 heterocycles. The maximum absolute atomic E-state index is 10.5. The summed E-state index contributed by atoms with van der Waals surface area (Å²) in [6.07, 6.45) is 0.823. The van der Waals surface area contributed by atoms with Crippen LogP contribution in [0.2, 0.25) is 0 Å². The molecule has 0 aromatic carbocycles. The molecule has 1 N–H and O–H groups in total. The molecule has 0 aliphatic rings. The Kier molecular flexibility index (Phi) is 3.67. The first kappa shape index (κ1) is 8.14. The minimum absolute atomic E-state index is 0.208. The molecule has 52 valence electrons. The molecular formula is C6H11NO2. The Hall–Kier alpha value is -0.860. The van der Waals surface area contributed by atoms with E-state index in [0.29, 0.717) is 18.7 Å². The van der Waals surface area contributed by atoms with Gasteiger partial charge < -0.3 is 0 Å². The van der Waals surface area contributed by atoms with E-state index in [1.54, 1.807) is 0 Å². The van der Waals surface area contributed by atoms with Crippen molar-refractivity contribution in [2.75, 3.05) is 0 Å². The fraction of sp³-hybridized carbons (Fsp3) is 0.667. The van der Waals surface area contributed by atoms with Crippen molar-refractivity contribution in [2.24, 2.45) is 5.92 Å². The van der Waals surface area contributed by atoms with Crippen molar-refractivity contribution < 1.29 is 9.59 Å². The number of amides is 2. The van der Waals surface area contributed by atoms with E-state index in [1.165, 1.54) is 0 Å². The summed E-state index contributed by atoms with van der Waals surface area (Å²) in [4.78, 5) is 20.2. The van der Waals surface area contributed by atoms with Gasteiger partial charge in [-0.1, -0.05) is 13.8 Å². The van der Waals surface area contributed by atoms with Crippen LogP contribution < -0.4 is 5.32 Å². The Balaban J connectivity index is 3.38. The van der Waals surface area contributed by atoms with Gasteiger partial charge in [0.15, 0.2) is 0 Å². The zero-order valence-electron chi connectivity index (χ0n) is 5.68. The Morgan fingerprint density at radius 1 is 1.67 bits per heavy atom. The van der Waals surface area contributed by atoms with E-state index in [2.05, 4.69) is 5.32 Å². The summed E-state index contributed by atoms with van der Waals surface area (Å²) in [5, 5.41) is 2.06. The standard InChI is InChI=1S/C6H11NO2/c1-5(2)3-6(9)7-4-8/h4-5H,3H2,1-2H3,(H,7,8,9). The first-order valence-electron chi connectivity index (χ1n) is 2.90. The number of hydrogen-bond acceptors (Lipinski definition) is 2. The molecule has 0 aromatic rings. The van der Waals surface area contributed by atoms with Crippen LogP contribution in [0.15, 0.2) is 0 Å². The lowest BCUT2D eigenvalue weighted by molar-refractivity contribution is -0.125.